The zero-order valence-electron chi connectivity index (χ0n) is 12.7. The van der Waals surface area contributed by atoms with Gasteiger partial charge in [-0.05, 0) is 37.0 Å². The van der Waals surface area contributed by atoms with Crippen molar-refractivity contribution in [3.63, 3.8) is 0 Å². The number of hydrogen-bond acceptors (Lipinski definition) is 2. The van der Waals surface area contributed by atoms with Gasteiger partial charge in [0.05, 0.1) is 0 Å². The Morgan fingerprint density at radius 3 is 2.22 bits per heavy atom. The minimum absolute atomic E-state index is 0.0188. The van der Waals surface area contributed by atoms with Crippen LogP contribution in [0.5, 0.6) is 0 Å². The molecule has 1 N–H and O–H groups in total. The number of allylic oxidation sites excluding steroid dienone is 1. The molecule has 0 fully saturated rings. The van der Waals surface area contributed by atoms with Gasteiger partial charge < -0.3 is 9.53 Å². The molecule has 0 heterocycles. The largest absolute Gasteiger partial charge is 0.539 e. The van der Waals surface area contributed by atoms with E-state index < -0.39 is 14.3 Å². The Hall–Kier alpha value is -0.773. The molecule has 106 valence electrons. The van der Waals surface area contributed by atoms with Crippen molar-refractivity contribution in [2.24, 2.45) is 0 Å². The third-order valence-corrected chi connectivity index (χ3v) is 7.86. The molecule has 0 atom stereocenters. The number of carboxylic acids is 1. The summed E-state index contributed by atoms with van der Waals surface area (Å²) >= 11 is 0. The van der Waals surface area contributed by atoms with E-state index in [4.69, 9.17) is 4.43 Å². The fraction of sp³-hybridized carbons (Fsp3) is 0.786. The van der Waals surface area contributed by atoms with Gasteiger partial charge in [0.2, 0.25) is 0 Å². The molecule has 0 bridgehead atoms. The fourth-order valence-electron chi connectivity index (χ4n) is 1.23. The van der Waals surface area contributed by atoms with Gasteiger partial charge >= 0.3 is 5.97 Å². The molecule has 0 amide bonds. The van der Waals surface area contributed by atoms with Crippen molar-refractivity contribution in [2.45, 2.75) is 71.5 Å². The molecular weight excluding hydrogens is 244 g/mol. The molecule has 0 saturated heterocycles. The summed E-state index contributed by atoms with van der Waals surface area (Å²) in [6.45, 7) is 12.6. The zero-order valence-corrected chi connectivity index (χ0v) is 13.7. The average molecular weight is 272 g/mol. The highest BCUT2D eigenvalue weighted by Gasteiger charge is 2.40. The number of rotatable bonds is 7. The lowest BCUT2D eigenvalue weighted by molar-refractivity contribution is -0.135. The van der Waals surface area contributed by atoms with Crippen LogP contribution in [0, 0.1) is 0 Å². The van der Waals surface area contributed by atoms with Gasteiger partial charge in [-0.3, -0.25) is 0 Å². The van der Waals surface area contributed by atoms with Crippen molar-refractivity contribution in [3.8, 4) is 0 Å². The molecule has 0 spiro atoms. The SMILES string of the molecule is CCCCCC=C(O[Si](C)(C)C(C)(C)C)C(=O)O. The molecule has 0 unspecified atom stereocenters. The number of carbonyl (C=O) groups is 1. The fourth-order valence-corrected chi connectivity index (χ4v) is 2.25. The maximum absolute atomic E-state index is 11.2. The number of aliphatic carboxylic acids is 1. The van der Waals surface area contributed by atoms with Gasteiger partial charge in [0.15, 0.2) is 5.76 Å². The van der Waals surface area contributed by atoms with E-state index in [-0.39, 0.29) is 10.8 Å². The number of hydrogen-bond donors (Lipinski definition) is 1. The van der Waals surface area contributed by atoms with Crippen LogP contribution in [-0.4, -0.2) is 19.4 Å². The molecule has 0 aliphatic heterocycles. The van der Waals surface area contributed by atoms with Gasteiger partial charge in [0.1, 0.15) is 0 Å². The second-order valence-corrected chi connectivity index (χ2v) is 11.0. The molecule has 0 rings (SSSR count). The minimum Gasteiger partial charge on any atom is -0.539 e. The lowest BCUT2D eigenvalue weighted by Crippen LogP contribution is -2.41. The molecule has 0 aliphatic carbocycles. The summed E-state index contributed by atoms with van der Waals surface area (Å²) in [5.41, 5.74) is 0. The Morgan fingerprint density at radius 2 is 1.83 bits per heavy atom. The smallest absolute Gasteiger partial charge is 0.369 e. The quantitative estimate of drug-likeness (QED) is 0.320. The van der Waals surface area contributed by atoms with Crippen LogP contribution in [0.3, 0.4) is 0 Å². The van der Waals surface area contributed by atoms with Crippen molar-refractivity contribution >= 4 is 14.3 Å². The van der Waals surface area contributed by atoms with Crippen LogP contribution in [0.4, 0.5) is 0 Å². The van der Waals surface area contributed by atoms with Gasteiger partial charge in [-0.15, -0.1) is 0 Å². The lowest BCUT2D eigenvalue weighted by atomic mass is 10.2. The Morgan fingerprint density at radius 1 is 1.28 bits per heavy atom. The van der Waals surface area contributed by atoms with Crippen LogP contribution >= 0.6 is 0 Å². The summed E-state index contributed by atoms with van der Waals surface area (Å²) in [5.74, 6) is -0.811. The first kappa shape index (κ1) is 17.2. The molecule has 0 saturated carbocycles. The summed E-state index contributed by atoms with van der Waals surface area (Å²) in [6, 6.07) is 0. The minimum atomic E-state index is -2.05. The summed E-state index contributed by atoms with van der Waals surface area (Å²) in [7, 11) is -2.05. The van der Waals surface area contributed by atoms with Crippen LogP contribution < -0.4 is 0 Å². The van der Waals surface area contributed by atoms with Gasteiger partial charge in [0.25, 0.3) is 8.32 Å². The summed E-state index contributed by atoms with van der Waals surface area (Å²) in [4.78, 5) is 11.2. The molecule has 0 aromatic carbocycles. The van der Waals surface area contributed by atoms with Crippen molar-refractivity contribution < 1.29 is 14.3 Å². The predicted molar refractivity (Wildman–Crippen MR) is 78.1 cm³/mol. The van der Waals surface area contributed by atoms with E-state index in [0.29, 0.717) is 0 Å². The van der Waals surface area contributed by atoms with E-state index in [9.17, 15) is 9.90 Å². The Labute approximate surface area is 112 Å². The Bertz CT molecular complexity index is 301. The normalized spacial score (nSPS) is 13.6. The van der Waals surface area contributed by atoms with Crippen LogP contribution in [0.1, 0.15) is 53.4 Å². The van der Waals surface area contributed by atoms with Crippen LogP contribution in [0.2, 0.25) is 18.1 Å². The van der Waals surface area contributed by atoms with E-state index in [1.807, 2.05) is 0 Å². The van der Waals surface area contributed by atoms with E-state index >= 15 is 0 Å². The van der Waals surface area contributed by atoms with E-state index in [1.165, 1.54) is 0 Å². The highest BCUT2D eigenvalue weighted by molar-refractivity contribution is 6.74. The third kappa shape index (κ3) is 5.71. The Kier molecular flexibility index (Phi) is 6.67. The van der Waals surface area contributed by atoms with Gasteiger partial charge in [-0.1, -0.05) is 40.5 Å². The highest BCUT2D eigenvalue weighted by Crippen LogP contribution is 2.37. The van der Waals surface area contributed by atoms with Gasteiger partial charge in [0, 0.05) is 0 Å². The number of unbranched alkanes of at least 4 members (excludes halogenated alkanes) is 3. The van der Waals surface area contributed by atoms with Gasteiger partial charge in [-0.2, -0.15) is 0 Å². The average Bonchev–Trinajstić information content (AvgIpc) is 2.20. The maximum Gasteiger partial charge on any atom is 0.369 e. The third-order valence-electron chi connectivity index (χ3n) is 3.52. The lowest BCUT2D eigenvalue weighted by Gasteiger charge is -2.36. The summed E-state index contributed by atoms with van der Waals surface area (Å²) < 4.78 is 5.84. The second kappa shape index (κ2) is 6.97. The van der Waals surface area contributed by atoms with Crippen LogP contribution in [0.25, 0.3) is 0 Å². The second-order valence-electron chi connectivity index (χ2n) is 6.23. The van der Waals surface area contributed by atoms with Crippen LogP contribution in [0.15, 0.2) is 11.8 Å². The molecule has 4 heteroatoms. The molecule has 3 nitrogen and oxygen atoms in total. The predicted octanol–water partition coefficient (Wildman–Crippen LogP) is 4.56. The first-order valence-electron chi connectivity index (χ1n) is 6.74. The summed E-state index contributed by atoms with van der Waals surface area (Å²) in [6.07, 6.45) is 5.81. The van der Waals surface area contributed by atoms with E-state index in [2.05, 4.69) is 40.8 Å². The molecule has 0 radical (unpaired) electrons. The molecular formula is C14H28O3Si. The standard InChI is InChI=1S/C14H28O3Si/c1-7-8-9-10-11-12(13(15)16)17-18(5,6)14(2,3)4/h11H,7-10H2,1-6H3,(H,15,16). The topological polar surface area (TPSA) is 46.5 Å². The molecule has 0 aromatic rings. The van der Waals surface area contributed by atoms with E-state index in [0.717, 1.165) is 25.7 Å². The van der Waals surface area contributed by atoms with Crippen molar-refractivity contribution in [3.05, 3.63) is 11.8 Å². The molecule has 0 aliphatic rings. The van der Waals surface area contributed by atoms with Crippen molar-refractivity contribution in [1.29, 1.82) is 0 Å². The first-order valence-corrected chi connectivity index (χ1v) is 9.65. The Balaban J connectivity index is 4.69. The van der Waals surface area contributed by atoms with Gasteiger partial charge in [-0.25, -0.2) is 4.79 Å². The summed E-state index contributed by atoms with van der Waals surface area (Å²) in [5, 5.41) is 9.21. The van der Waals surface area contributed by atoms with Crippen molar-refractivity contribution in [2.75, 3.05) is 0 Å². The monoisotopic (exact) mass is 272 g/mol. The maximum atomic E-state index is 11.2. The molecule has 18 heavy (non-hydrogen) atoms. The van der Waals surface area contributed by atoms with Crippen LogP contribution in [-0.2, 0) is 9.22 Å². The number of carboxylic acid groups (broad SMARTS) is 1. The zero-order chi connectivity index (χ0) is 14.4. The highest BCUT2D eigenvalue weighted by atomic mass is 28.4. The van der Waals surface area contributed by atoms with Crippen molar-refractivity contribution in [1.82, 2.24) is 0 Å². The molecule has 0 aromatic heterocycles. The van der Waals surface area contributed by atoms with E-state index in [1.54, 1.807) is 6.08 Å². The first-order chi connectivity index (χ1) is 8.12.